The summed E-state index contributed by atoms with van der Waals surface area (Å²) in [7, 11) is 0. The molecule has 0 saturated carbocycles. The molecule has 4 aromatic rings. The molecule has 0 atom stereocenters. The first kappa shape index (κ1) is 23.0. The average molecular weight is 467 g/mol. The number of imidazole rings is 1. The van der Waals surface area contributed by atoms with Crippen molar-refractivity contribution in [2.45, 2.75) is 26.7 Å². The molecule has 1 saturated heterocycles. The molecule has 6 heteroatoms. The van der Waals surface area contributed by atoms with E-state index < -0.39 is 0 Å². The second kappa shape index (κ2) is 9.84. The lowest BCUT2D eigenvalue weighted by Gasteiger charge is -2.26. The Morgan fingerprint density at radius 2 is 1.63 bits per heavy atom. The lowest BCUT2D eigenvalue weighted by atomic mass is 9.99. The molecule has 6 nitrogen and oxygen atoms in total. The van der Waals surface area contributed by atoms with Gasteiger partial charge in [-0.05, 0) is 48.4 Å². The molecule has 1 fully saturated rings. The van der Waals surface area contributed by atoms with Gasteiger partial charge in [0.15, 0.2) is 0 Å². The van der Waals surface area contributed by atoms with Gasteiger partial charge in [0.25, 0.3) is 5.91 Å². The second-order valence-corrected chi connectivity index (χ2v) is 9.23. The van der Waals surface area contributed by atoms with Gasteiger partial charge in [-0.25, -0.2) is 4.98 Å². The van der Waals surface area contributed by atoms with Crippen molar-refractivity contribution in [2.75, 3.05) is 26.3 Å². The Morgan fingerprint density at radius 1 is 0.914 bits per heavy atom. The van der Waals surface area contributed by atoms with Crippen molar-refractivity contribution in [3.05, 3.63) is 83.8 Å². The zero-order valence-electron chi connectivity index (χ0n) is 20.4. The van der Waals surface area contributed by atoms with Crippen molar-refractivity contribution in [1.29, 1.82) is 0 Å². The van der Waals surface area contributed by atoms with Gasteiger partial charge in [0.2, 0.25) is 0 Å². The molecule has 35 heavy (non-hydrogen) atoms. The fourth-order valence-electron chi connectivity index (χ4n) is 4.34. The maximum absolute atomic E-state index is 12.8. The SMILES string of the molecule is Cc1cccc(-c2[nH]c(C(C)C)nc2-c2cccc(-c3ccc(C(=O)N4CCOCC4)cc3)c2)n1. The number of carbonyl (C=O) groups excluding carboxylic acids is 1. The summed E-state index contributed by atoms with van der Waals surface area (Å²) in [5.74, 6) is 1.27. The Balaban J connectivity index is 1.47. The molecule has 1 amide bonds. The van der Waals surface area contributed by atoms with E-state index in [1.165, 1.54) is 0 Å². The third-order valence-electron chi connectivity index (χ3n) is 6.31. The van der Waals surface area contributed by atoms with Crippen LogP contribution in [-0.4, -0.2) is 52.1 Å². The quantitative estimate of drug-likeness (QED) is 0.409. The second-order valence-electron chi connectivity index (χ2n) is 9.23. The minimum absolute atomic E-state index is 0.0571. The normalized spacial score (nSPS) is 13.9. The number of aromatic amines is 1. The summed E-state index contributed by atoms with van der Waals surface area (Å²) in [6, 6.07) is 22.3. The molecule has 0 radical (unpaired) electrons. The largest absolute Gasteiger partial charge is 0.378 e. The number of nitrogens with zero attached hydrogens (tertiary/aromatic N) is 3. The summed E-state index contributed by atoms with van der Waals surface area (Å²) >= 11 is 0. The van der Waals surface area contributed by atoms with Gasteiger partial charge in [-0.15, -0.1) is 0 Å². The minimum Gasteiger partial charge on any atom is -0.378 e. The van der Waals surface area contributed by atoms with E-state index in [1.807, 2.05) is 54.3 Å². The summed E-state index contributed by atoms with van der Waals surface area (Å²) in [5, 5.41) is 0. The summed E-state index contributed by atoms with van der Waals surface area (Å²) in [4.78, 5) is 27.8. The van der Waals surface area contributed by atoms with E-state index in [9.17, 15) is 4.79 Å². The van der Waals surface area contributed by atoms with Crippen LogP contribution in [0.1, 0.15) is 41.6 Å². The Bertz CT molecular complexity index is 1340. The maximum Gasteiger partial charge on any atom is 0.254 e. The number of aryl methyl sites for hydroxylation is 1. The molecule has 1 N–H and O–H groups in total. The van der Waals surface area contributed by atoms with Gasteiger partial charge in [-0.1, -0.05) is 50.2 Å². The fraction of sp³-hybridized carbons (Fsp3) is 0.276. The van der Waals surface area contributed by atoms with Crippen LogP contribution in [0.2, 0.25) is 0 Å². The summed E-state index contributed by atoms with van der Waals surface area (Å²) in [5.41, 5.74) is 7.54. The third-order valence-corrected chi connectivity index (χ3v) is 6.31. The highest BCUT2D eigenvalue weighted by Crippen LogP contribution is 2.33. The number of carbonyl (C=O) groups is 1. The first-order valence-electron chi connectivity index (χ1n) is 12.1. The molecule has 0 bridgehead atoms. The molecule has 0 spiro atoms. The standard InChI is InChI=1S/C29H30N4O2/c1-19(2)28-31-26(27(32-28)25-9-4-6-20(3)30-25)24-8-5-7-23(18-24)21-10-12-22(13-11-21)29(34)33-14-16-35-17-15-33/h4-13,18-19H,14-17H2,1-3H3,(H,31,32). The molecule has 1 aliphatic rings. The molecule has 5 rings (SSSR count). The van der Waals surface area contributed by atoms with Gasteiger partial charge in [-0.3, -0.25) is 9.78 Å². The van der Waals surface area contributed by atoms with Crippen LogP contribution >= 0.6 is 0 Å². The highest BCUT2D eigenvalue weighted by molar-refractivity contribution is 5.95. The number of morpholine rings is 1. The number of rotatable bonds is 5. The van der Waals surface area contributed by atoms with E-state index in [0.717, 1.165) is 45.3 Å². The van der Waals surface area contributed by atoms with Crippen molar-refractivity contribution in [3.8, 4) is 33.8 Å². The molecule has 2 aromatic carbocycles. The van der Waals surface area contributed by atoms with Gasteiger partial charge < -0.3 is 14.6 Å². The zero-order valence-corrected chi connectivity index (χ0v) is 20.4. The van der Waals surface area contributed by atoms with Gasteiger partial charge in [-0.2, -0.15) is 0 Å². The van der Waals surface area contributed by atoms with Crippen molar-refractivity contribution in [3.63, 3.8) is 0 Å². The molecule has 0 aliphatic carbocycles. The van der Waals surface area contributed by atoms with Crippen LogP contribution in [0.15, 0.2) is 66.7 Å². The molecular weight excluding hydrogens is 436 g/mol. The summed E-state index contributed by atoms with van der Waals surface area (Å²) in [6.45, 7) is 8.74. The number of ether oxygens (including phenoxy) is 1. The molecular formula is C29H30N4O2. The smallest absolute Gasteiger partial charge is 0.254 e. The van der Waals surface area contributed by atoms with Crippen LogP contribution in [0.3, 0.4) is 0 Å². The number of aromatic nitrogens is 3. The number of benzene rings is 2. The van der Waals surface area contributed by atoms with Crippen LogP contribution in [-0.2, 0) is 4.74 Å². The fourth-order valence-corrected chi connectivity index (χ4v) is 4.34. The molecule has 3 heterocycles. The van der Waals surface area contributed by atoms with Crippen molar-refractivity contribution in [2.24, 2.45) is 0 Å². The van der Waals surface area contributed by atoms with E-state index in [4.69, 9.17) is 14.7 Å². The summed E-state index contributed by atoms with van der Waals surface area (Å²) in [6.07, 6.45) is 0. The van der Waals surface area contributed by atoms with Crippen molar-refractivity contribution >= 4 is 5.91 Å². The highest BCUT2D eigenvalue weighted by Gasteiger charge is 2.19. The summed E-state index contributed by atoms with van der Waals surface area (Å²) < 4.78 is 5.36. The Hall–Kier alpha value is -3.77. The van der Waals surface area contributed by atoms with E-state index >= 15 is 0 Å². The molecule has 1 aliphatic heterocycles. The van der Waals surface area contributed by atoms with Crippen molar-refractivity contribution in [1.82, 2.24) is 19.9 Å². The van der Waals surface area contributed by atoms with Crippen LogP contribution in [0.4, 0.5) is 0 Å². The number of H-pyrrole nitrogens is 1. The predicted molar refractivity (Wildman–Crippen MR) is 138 cm³/mol. The zero-order chi connectivity index (χ0) is 24.4. The average Bonchev–Trinajstić information content (AvgIpc) is 3.35. The first-order valence-corrected chi connectivity index (χ1v) is 12.1. The van der Waals surface area contributed by atoms with Gasteiger partial charge >= 0.3 is 0 Å². The van der Waals surface area contributed by atoms with Crippen LogP contribution < -0.4 is 0 Å². The molecule has 2 aromatic heterocycles. The van der Waals surface area contributed by atoms with Crippen LogP contribution in [0.25, 0.3) is 33.8 Å². The lowest BCUT2D eigenvalue weighted by molar-refractivity contribution is 0.0303. The lowest BCUT2D eigenvalue weighted by Crippen LogP contribution is -2.40. The Morgan fingerprint density at radius 3 is 2.34 bits per heavy atom. The van der Waals surface area contributed by atoms with E-state index in [2.05, 4.69) is 43.1 Å². The van der Waals surface area contributed by atoms with Crippen LogP contribution in [0, 0.1) is 6.92 Å². The van der Waals surface area contributed by atoms with E-state index in [1.54, 1.807) is 0 Å². The Labute approximate surface area is 206 Å². The topological polar surface area (TPSA) is 71.1 Å². The number of nitrogens with one attached hydrogen (secondary N) is 1. The van der Waals surface area contributed by atoms with E-state index in [0.29, 0.717) is 31.9 Å². The van der Waals surface area contributed by atoms with Gasteiger partial charge in [0.05, 0.1) is 30.3 Å². The molecule has 0 unspecified atom stereocenters. The number of hydrogen-bond donors (Lipinski definition) is 1. The van der Waals surface area contributed by atoms with Gasteiger partial charge in [0.1, 0.15) is 5.82 Å². The highest BCUT2D eigenvalue weighted by atomic mass is 16.5. The number of hydrogen-bond acceptors (Lipinski definition) is 4. The van der Waals surface area contributed by atoms with Gasteiger partial charge in [0, 0.05) is 35.8 Å². The van der Waals surface area contributed by atoms with Crippen molar-refractivity contribution < 1.29 is 9.53 Å². The van der Waals surface area contributed by atoms with Crippen LogP contribution in [0.5, 0.6) is 0 Å². The maximum atomic E-state index is 12.8. The first-order chi connectivity index (χ1) is 17.0. The monoisotopic (exact) mass is 466 g/mol. The minimum atomic E-state index is 0.0571. The van der Waals surface area contributed by atoms with E-state index in [-0.39, 0.29) is 11.8 Å². The Kier molecular flexibility index (Phi) is 6.47. The molecule has 178 valence electrons. The number of pyridine rings is 1. The number of amides is 1. The third kappa shape index (κ3) is 4.88. The predicted octanol–water partition coefficient (Wildman–Crippen LogP) is 5.71.